The summed E-state index contributed by atoms with van der Waals surface area (Å²) in [4.78, 5) is 16.1. The van der Waals surface area contributed by atoms with Crippen molar-refractivity contribution in [1.82, 2.24) is 4.98 Å². The maximum absolute atomic E-state index is 12.4. The molecule has 0 aliphatic carbocycles. The number of amides is 1. The topological polar surface area (TPSA) is 84.2 Å². The summed E-state index contributed by atoms with van der Waals surface area (Å²) in [7, 11) is 0. The lowest BCUT2D eigenvalue weighted by Gasteiger charge is -2.12. The number of hydrogen-bond acceptors (Lipinski definition) is 5. The molecule has 1 amide bonds. The van der Waals surface area contributed by atoms with Crippen LogP contribution in [0.4, 0.5) is 18.9 Å². The highest BCUT2D eigenvalue weighted by atomic mass is 19.4. The fraction of sp³-hybridized carbons (Fsp3) is 0.136. The van der Waals surface area contributed by atoms with Gasteiger partial charge in [-0.3, -0.25) is 4.79 Å². The van der Waals surface area contributed by atoms with E-state index in [-0.39, 0.29) is 11.4 Å². The summed E-state index contributed by atoms with van der Waals surface area (Å²) in [6, 6.07) is 16.3. The van der Waals surface area contributed by atoms with Crippen molar-refractivity contribution in [3.8, 4) is 23.4 Å². The Kier molecular flexibility index (Phi) is 6.40. The lowest BCUT2D eigenvalue weighted by atomic mass is 10.1. The fourth-order valence-corrected chi connectivity index (χ4v) is 2.52. The van der Waals surface area contributed by atoms with E-state index in [1.165, 1.54) is 12.1 Å². The molecule has 0 atom stereocenters. The monoisotopic (exact) mass is 427 g/mol. The van der Waals surface area contributed by atoms with Gasteiger partial charge in [-0.15, -0.1) is 0 Å². The molecule has 0 bridgehead atoms. The summed E-state index contributed by atoms with van der Waals surface area (Å²) >= 11 is 0. The third-order valence-corrected chi connectivity index (χ3v) is 4.05. The van der Waals surface area contributed by atoms with E-state index >= 15 is 0 Å². The fourth-order valence-electron chi connectivity index (χ4n) is 2.52. The smallest absolute Gasteiger partial charge is 0.422 e. The number of anilines is 1. The van der Waals surface area contributed by atoms with E-state index in [4.69, 9.17) is 10.00 Å². The van der Waals surface area contributed by atoms with E-state index in [9.17, 15) is 18.0 Å². The van der Waals surface area contributed by atoms with Gasteiger partial charge < -0.3 is 14.8 Å². The maximum Gasteiger partial charge on any atom is 0.422 e. The molecular weight excluding hydrogens is 411 g/mol. The van der Waals surface area contributed by atoms with E-state index in [2.05, 4.69) is 15.0 Å². The van der Waals surface area contributed by atoms with Gasteiger partial charge in [0.15, 0.2) is 6.61 Å². The number of nitrogens with zero attached hydrogens (tertiary/aromatic N) is 2. The molecule has 0 aliphatic rings. The van der Waals surface area contributed by atoms with Crippen molar-refractivity contribution in [3.63, 3.8) is 0 Å². The highest BCUT2D eigenvalue weighted by Crippen LogP contribution is 2.27. The summed E-state index contributed by atoms with van der Waals surface area (Å²) in [6.07, 6.45) is -3.33. The molecule has 0 fully saturated rings. The number of carbonyl (C=O) groups is 1. The average molecular weight is 427 g/mol. The lowest BCUT2D eigenvalue weighted by Crippen LogP contribution is -2.19. The second-order valence-electron chi connectivity index (χ2n) is 6.46. The molecule has 0 saturated carbocycles. The minimum absolute atomic E-state index is 0.164. The predicted molar refractivity (Wildman–Crippen MR) is 106 cm³/mol. The summed E-state index contributed by atoms with van der Waals surface area (Å²) in [5.41, 5.74) is 1.96. The molecule has 0 spiro atoms. The van der Waals surface area contributed by atoms with Crippen LogP contribution in [-0.2, 0) is 0 Å². The molecule has 158 valence electrons. The van der Waals surface area contributed by atoms with Crippen LogP contribution in [-0.4, -0.2) is 23.7 Å². The van der Waals surface area contributed by atoms with Gasteiger partial charge in [0, 0.05) is 18.0 Å². The van der Waals surface area contributed by atoms with Gasteiger partial charge in [-0.25, -0.2) is 4.98 Å². The molecule has 3 aromatic rings. The number of benzene rings is 2. The van der Waals surface area contributed by atoms with Crippen molar-refractivity contribution in [2.24, 2.45) is 0 Å². The lowest BCUT2D eigenvalue weighted by molar-refractivity contribution is -0.154. The van der Waals surface area contributed by atoms with Crippen LogP contribution in [0, 0.1) is 18.3 Å². The number of pyridine rings is 1. The van der Waals surface area contributed by atoms with Gasteiger partial charge in [-0.1, -0.05) is 0 Å². The molecule has 6 nitrogen and oxygen atoms in total. The van der Waals surface area contributed by atoms with E-state index in [0.717, 1.165) is 11.8 Å². The number of aryl methyl sites for hydroxylation is 1. The Balaban J connectivity index is 1.62. The highest BCUT2D eigenvalue weighted by Gasteiger charge is 2.28. The first-order valence-corrected chi connectivity index (χ1v) is 8.99. The van der Waals surface area contributed by atoms with Gasteiger partial charge in [0.05, 0.1) is 17.2 Å². The minimum Gasteiger partial charge on any atom is -0.468 e. The number of nitrogens with one attached hydrogen (secondary N) is 1. The third kappa shape index (κ3) is 6.21. The highest BCUT2D eigenvalue weighted by molar-refractivity contribution is 6.04. The van der Waals surface area contributed by atoms with Crippen molar-refractivity contribution < 1.29 is 27.4 Å². The first kappa shape index (κ1) is 21.6. The Morgan fingerprint density at radius 2 is 1.81 bits per heavy atom. The van der Waals surface area contributed by atoms with Gasteiger partial charge >= 0.3 is 6.18 Å². The van der Waals surface area contributed by atoms with Crippen LogP contribution in [0.3, 0.4) is 0 Å². The van der Waals surface area contributed by atoms with Crippen molar-refractivity contribution in [2.45, 2.75) is 13.1 Å². The SMILES string of the molecule is Cc1cc(Oc2ccc(C#N)cc2)ccc1NC(=O)c1ccc(OCC(F)(F)F)nc1. The van der Waals surface area contributed by atoms with Crippen LogP contribution in [0.5, 0.6) is 17.4 Å². The summed E-state index contributed by atoms with van der Waals surface area (Å²) in [6.45, 7) is 0.329. The second-order valence-corrected chi connectivity index (χ2v) is 6.46. The van der Waals surface area contributed by atoms with Gasteiger partial charge in [0.25, 0.3) is 5.91 Å². The Morgan fingerprint density at radius 3 is 2.39 bits per heavy atom. The van der Waals surface area contributed by atoms with E-state index in [1.54, 1.807) is 49.4 Å². The molecule has 0 unspecified atom stereocenters. The molecule has 1 aromatic heterocycles. The summed E-state index contributed by atoms with van der Waals surface area (Å²) < 4.78 is 46.8. The van der Waals surface area contributed by atoms with Crippen LogP contribution < -0.4 is 14.8 Å². The zero-order valence-corrected chi connectivity index (χ0v) is 16.2. The molecule has 1 heterocycles. The molecule has 2 aromatic carbocycles. The number of alkyl halides is 3. The Bertz CT molecular complexity index is 1110. The standard InChI is InChI=1S/C22H16F3N3O3/c1-14-10-18(31-17-5-2-15(11-26)3-6-17)7-8-19(14)28-21(29)16-4-9-20(27-12-16)30-13-22(23,24)25/h2-10,12H,13H2,1H3,(H,28,29). The summed E-state index contributed by atoms with van der Waals surface area (Å²) in [5.74, 6) is 0.412. The molecule has 0 aliphatic heterocycles. The largest absolute Gasteiger partial charge is 0.468 e. The molecule has 3 rings (SSSR count). The van der Waals surface area contributed by atoms with Gasteiger partial charge in [0.1, 0.15) is 11.5 Å². The average Bonchev–Trinajstić information content (AvgIpc) is 2.74. The van der Waals surface area contributed by atoms with Crippen LogP contribution in [0.15, 0.2) is 60.8 Å². The first-order valence-electron chi connectivity index (χ1n) is 8.99. The number of halogens is 3. The molecular formula is C22H16F3N3O3. The molecule has 0 radical (unpaired) electrons. The summed E-state index contributed by atoms with van der Waals surface area (Å²) in [5, 5.41) is 11.5. The second kappa shape index (κ2) is 9.17. The van der Waals surface area contributed by atoms with E-state index < -0.39 is 18.7 Å². The maximum atomic E-state index is 12.4. The van der Waals surface area contributed by atoms with Gasteiger partial charge in [-0.2, -0.15) is 18.4 Å². The minimum atomic E-state index is -4.47. The number of ether oxygens (including phenoxy) is 2. The zero-order chi connectivity index (χ0) is 22.4. The van der Waals surface area contributed by atoms with Crippen molar-refractivity contribution >= 4 is 11.6 Å². The van der Waals surface area contributed by atoms with Crippen molar-refractivity contribution in [1.29, 1.82) is 5.26 Å². The molecule has 0 saturated heterocycles. The first-order chi connectivity index (χ1) is 14.7. The zero-order valence-electron chi connectivity index (χ0n) is 16.2. The van der Waals surface area contributed by atoms with Gasteiger partial charge in [0.2, 0.25) is 5.88 Å². The number of hydrogen-bond donors (Lipinski definition) is 1. The third-order valence-electron chi connectivity index (χ3n) is 4.05. The van der Waals surface area contributed by atoms with Crippen LogP contribution in [0.2, 0.25) is 0 Å². The Labute approximate surface area is 175 Å². The van der Waals surface area contributed by atoms with Gasteiger partial charge in [-0.05, 0) is 61.0 Å². The van der Waals surface area contributed by atoms with Crippen molar-refractivity contribution in [2.75, 3.05) is 11.9 Å². The van der Waals surface area contributed by atoms with Crippen LogP contribution >= 0.6 is 0 Å². The normalized spacial score (nSPS) is 10.8. The number of rotatable bonds is 6. The Hall–Kier alpha value is -4.06. The predicted octanol–water partition coefficient (Wildman–Crippen LogP) is 5.25. The molecule has 31 heavy (non-hydrogen) atoms. The van der Waals surface area contributed by atoms with E-state index in [1.807, 2.05) is 6.07 Å². The number of aromatic nitrogens is 1. The molecule has 9 heteroatoms. The van der Waals surface area contributed by atoms with Crippen LogP contribution in [0.25, 0.3) is 0 Å². The van der Waals surface area contributed by atoms with Crippen molar-refractivity contribution in [3.05, 3.63) is 77.5 Å². The van der Waals surface area contributed by atoms with E-state index in [0.29, 0.717) is 22.7 Å². The number of nitriles is 1. The number of carbonyl (C=O) groups excluding carboxylic acids is 1. The quantitative estimate of drug-likeness (QED) is 0.581. The Morgan fingerprint density at radius 1 is 1.10 bits per heavy atom. The molecule has 1 N–H and O–H groups in total. The van der Waals surface area contributed by atoms with Crippen LogP contribution in [0.1, 0.15) is 21.5 Å².